The van der Waals surface area contributed by atoms with E-state index in [1.807, 2.05) is 0 Å². The Labute approximate surface area is 102 Å². The smallest absolute Gasteiger partial charge is 0.131 e. The van der Waals surface area contributed by atoms with E-state index in [-0.39, 0.29) is 5.75 Å². The maximum absolute atomic E-state index is 9.50. The van der Waals surface area contributed by atoms with Crippen molar-refractivity contribution < 1.29 is 5.11 Å². The third-order valence-corrected chi connectivity index (χ3v) is 5.13. The number of halogens is 3. The van der Waals surface area contributed by atoms with Gasteiger partial charge in [0.2, 0.25) is 0 Å². The van der Waals surface area contributed by atoms with Gasteiger partial charge in [-0.3, -0.25) is 0 Å². The van der Waals surface area contributed by atoms with E-state index in [9.17, 15) is 5.11 Å². The molecule has 0 aromatic heterocycles. The normalized spacial score (nSPS) is 10.1. The maximum Gasteiger partial charge on any atom is 0.131 e. The van der Waals surface area contributed by atoms with E-state index in [2.05, 4.69) is 54.4 Å². The van der Waals surface area contributed by atoms with Crippen LogP contribution in [-0.4, -0.2) is 5.11 Å². The molecule has 0 saturated carbocycles. The predicted octanol–water partition coefficient (Wildman–Crippen LogP) is 4.41. The molecule has 0 unspecified atom stereocenters. The summed E-state index contributed by atoms with van der Waals surface area (Å²) in [6, 6.07) is 1.71. The summed E-state index contributed by atoms with van der Waals surface area (Å²) < 4.78 is 2.42. The van der Waals surface area contributed by atoms with Gasteiger partial charge >= 0.3 is 0 Å². The fourth-order valence-electron chi connectivity index (χ4n) is 0.946. The molecule has 0 atom stereocenters. The van der Waals surface area contributed by atoms with Gasteiger partial charge in [-0.25, -0.2) is 0 Å². The zero-order valence-electron chi connectivity index (χ0n) is 6.65. The lowest BCUT2D eigenvalue weighted by Gasteiger charge is -2.07. The van der Waals surface area contributed by atoms with Crippen molar-refractivity contribution in [3.63, 3.8) is 0 Å². The lowest BCUT2D eigenvalue weighted by molar-refractivity contribution is 0.470. The Hall–Kier alpha value is 0.200. The highest BCUT2D eigenvalue weighted by Gasteiger charge is 2.11. The summed E-state index contributed by atoms with van der Waals surface area (Å²) in [6.07, 6.45) is 2.51. The fourth-order valence-corrected chi connectivity index (χ4v) is 2.46. The summed E-state index contributed by atoms with van der Waals surface area (Å²) >= 11 is 10.1. The van der Waals surface area contributed by atoms with Crippen molar-refractivity contribution in [1.82, 2.24) is 0 Å². The highest BCUT2D eigenvalue weighted by Crippen LogP contribution is 2.39. The van der Waals surface area contributed by atoms with E-state index >= 15 is 0 Å². The van der Waals surface area contributed by atoms with Crippen molar-refractivity contribution in [1.29, 1.82) is 0 Å². The molecule has 0 heterocycles. The molecule has 1 aromatic carbocycles. The Balaban J connectivity index is 3.31. The molecule has 0 aliphatic heterocycles. The molecular formula is C9H7Br3O. The molecule has 70 valence electrons. The minimum atomic E-state index is 0.229. The average molecular weight is 371 g/mol. The summed E-state index contributed by atoms with van der Waals surface area (Å²) in [6.45, 7) is 3.65. The van der Waals surface area contributed by atoms with Crippen molar-refractivity contribution in [2.45, 2.75) is 6.42 Å². The third kappa shape index (κ3) is 2.36. The van der Waals surface area contributed by atoms with Gasteiger partial charge < -0.3 is 5.11 Å². The zero-order valence-corrected chi connectivity index (χ0v) is 11.4. The van der Waals surface area contributed by atoms with Gasteiger partial charge in [0.25, 0.3) is 0 Å². The van der Waals surface area contributed by atoms with Crippen molar-refractivity contribution >= 4 is 47.8 Å². The van der Waals surface area contributed by atoms with Gasteiger partial charge in [-0.2, -0.15) is 0 Å². The van der Waals surface area contributed by atoms with Crippen LogP contribution in [0.2, 0.25) is 0 Å². The van der Waals surface area contributed by atoms with Crippen LogP contribution in [0.1, 0.15) is 5.56 Å². The van der Waals surface area contributed by atoms with Crippen LogP contribution in [0.15, 0.2) is 32.1 Å². The lowest BCUT2D eigenvalue weighted by Crippen LogP contribution is -1.86. The Morgan fingerprint density at radius 2 is 1.85 bits per heavy atom. The van der Waals surface area contributed by atoms with Crippen LogP contribution in [-0.2, 0) is 6.42 Å². The quantitative estimate of drug-likeness (QED) is 0.604. The second-order valence-electron chi connectivity index (χ2n) is 2.49. The number of hydrogen-bond donors (Lipinski definition) is 1. The molecule has 13 heavy (non-hydrogen) atoms. The van der Waals surface area contributed by atoms with E-state index in [0.717, 1.165) is 20.9 Å². The van der Waals surface area contributed by atoms with E-state index < -0.39 is 0 Å². The predicted molar refractivity (Wildman–Crippen MR) is 65.1 cm³/mol. The van der Waals surface area contributed by atoms with Crippen LogP contribution in [0.4, 0.5) is 0 Å². The van der Waals surface area contributed by atoms with Gasteiger partial charge in [-0.15, -0.1) is 6.58 Å². The average Bonchev–Trinajstić information content (AvgIpc) is 2.11. The van der Waals surface area contributed by atoms with Gasteiger partial charge in [0.1, 0.15) is 5.75 Å². The van der Waals surface area contributed by atoms with Gasteiger partial charge in [0, 0.05) is 8.95 Å². The summed E-state index contributed by atoms with van der Waals surface area (Å²) in [5.74, 6) is 0.229. The SMILES string of the molecule is C=CCc1cc(O)c(Br)c(Br)c1Br. The van der Waals surface area contributed by atoms with Crippen molar-refractivity contribution in [3.8, 4) is 5.75 Å². The number of rotatable bonds is 2. The van der Waals surface area contributed by atoms with Gasteiger partial charge in [-0.05, 0) is 65.8 Å². The molecule has 4 heteroatoms. The van der Waals surface area contributed by atoms with Crippen LogP contribution >= 0.6 is 47.8 Å². The number of phenols is 1. The standard InChI is InChI=1S/C9H7Br3O/c1-2-3-5-4-6(13)8(11)9(12)7(5)10/h2,4,13H,1,3H2. The number of aromatic hydroxyl groups is 1. The first-order valence-corrected chi connectivity index (χ1v) is 5.92. The molecule has 1 aromatic rings. The van der Waals surface area contributed by atoms with Gasteiger partial charge in [-0.1, -0.05) is 6.08 Å². The molecule has 0 amide bonds. The van der Waals surface area contributed by atoms with Crippen LogP contribution in [0, 0.1) is 0 Å². The second kappa shape index (κ2) is 4.62. The molecule has 0 aliphatic rings. The topological polar surface area (TPSA) is 20.2 Å². The van der Waals surface area contributed by atoms with E-state index in [0.29, 0.717) is 4.47 Å². The van der Waals surface area contributed by atoms with Crippen molar-refractivity contribution in [3.05, 3.63) is 37.7 Å². The Morgan fingerprint density at radius 3 is 2.38 bits per heavy atom. The van der Waals surface area contributed by atoms with Crippen LogP contribution in [0.5, 0.6) is 5.75 Å². The largest absolute Gasteiger partial charge is 0.507 e. The Bertz CT molecular complexity index is 347. The minimum Gasteiger partial charge on any atom is -0.507 e. The molecule has 1 rings (SSSR count). The third-order valence-electron chi connectivity index (χ3n) is 1.57. The minimum absolute atomic E-state index is 0.229. The molecule has 0 aliphatic carbocycles. The number of benzene rings is 1. The monoisotopic (exact) mass is 368 g/mol. The fraction of sp³-hybridized carbons (Fsp3) is 0.111. The zero-order chi connectivity index (χ0) is 10.0. The van der Waals surface area contributed by atoms with Crippen molar-refractivity contribution in [2.75, 3.05) is 0 Å². The molecule has 0 fully saturated rings. The Morgan fingerprint density at radius 1 is 1.23 bits per heavy atom. The molecule has 0 radical (unpaired) electrons. The van der Waals surface area contributed by atoms with Crippen LogP contribution in [0.25, 0.3) is 0 Å². The Kier molecular flexibility index (Phi) is 4.01. The number of hydrogen-bond acceptors (Lipinski definition) is 1. The van der Waals surface area contributed by atoms with E-state index in [1.165, 1.54) is 0 Å². The molecule has 0 saturated heterocycles. The molecule has 1 N–H and O–H groups in total. The lowest BCUT2D eigenvalue weighted by atomic mass is 10.1. The summed E-state index contributed by atoms with van der Waals surface area (Å²) in [5.41, 5.74) is 1.00. The highest BCUT2D eigenvalue weighted by molar-refractivity contribution is 9.14. The molecule has 1 nitrogen and oxygen atoms in total. The van der Waals surface area contributed by atoms with Gasteiger partial charge in [0.05, 0.1) is 4.47 Å². The van der Waals surface area contributed by atoms with Crippen LogP contribution < -0.4 is 0 Å². The second-order valence-corrected chi connectivity index (χ2v) is 4.87. The maximum atomic E-state index is 9.50. The molecule has 0 spiro atoms. The van der Waals surface area contributed by atoms with E-state index in [1.54, 1.807) is 12.1 Å². The number of phenolic OH excluding ortho intramolecular Hbond substituents is 1. The van der Waals surface area contributed by atoms with Crippen molar-refractivity contribution in [2.24, 2.45) is 0 Å². The number of allylic oxidation sites excluding steroid dienone is 1. The molecular weight excluding hydrogens is 364 g/mol. The highest BCUT2D eigenvalue weighted by atomic mass is 79.9. The van der Waals surface area contributed by atoms with E-state index in [4.69, 9.17) is 0 Å². The summed E-state index contributed by atoms with van der Waals surface area (Å²) in [5, 5.41) is 9.50. The first-order valence-electron chi connectivity index (χ1n) is 3.54. The van der Waals surface area contributed by atoms with Gasteiger partial charge in [0.15, 0.2) is 0 Å². The summed E-state index contributed by atoms with van der Waals surface area (Å²) in [7, 11) is 0. The first kappa shape index (κ1) is 11.3. The summed E-state index contributed by atoms with van der Waals surface area (Å²) in [4.78, 5) is 0. The van der Waals surface area contributed by atoms with Crippen LogP contribution in [0.3, 0.4) is 0 Å². The first-order chi connectivity index (χ1) is 6.07. The molecule has 0 bridgehead atoms.